The zero-order chi connectivity index (χ0) is 14.2. The molecular formula is C13H11F3N2O. The van der Waals surface area contributed by atoms with Gasteiger partial charge >= 0.3 is 0 Å². The lowest BCUT2D eigenvalue weighted by molar-refractivity contribution is 0.214. The van der Waals surface area contributed by atoms with Gasteiger partial charge in [0, 0.05) is 23.4 Å². The Balaban J connectivity index is 2.52. The first-order valence-electron chi connectivity index (χ1n) is 5.44. The van der Waals surface area contributed by atoms with Crippen molar-refractivity contribution in [1.82, 2.24) is 4.98 Å². The Labute approximate surface area is 107 Å². The summed E-state index contributed by atoms with van der Waals surface area (Å²) in [5.74, 6) is -3.60. The van der Waals surface area contributed by atoms with Gasteiger partial charge in [-0.3, -0.25) is 0 Å². The Kier molecular flexibility index (Phi) is 3.44. The molecule has 3 nitrogen and oxygen atoms in total. The van der Waals surface area contributed by atoms with Crippen molar-refractivity contribution in [2.45, 2.75) is 13.0 Å². The van der Waals surface area contributed by atoms with Crippen molar-refractivity contribution in [3.8, 4) is 0 Å². The van der Waals surface area contributed by atoms with E-state index in [0.29, 0.717) is 17.7 Å². The zero-order valence-corrected chi connectivity index (χ0v) is 9.99. The van der Waals surface area contributed by atoms with Crippen LogP contribution in [0.2, 0.25) is 0 Å². The van der Waals surface area contributed by atoms with Crippen LogP contribution in [0.1, 0.15) is 22.8 Å². The van der Waals surface area contributed by atoms with Gasteiger partial charge in [0.2, 0.25) is 0 Å². The molecule has 1 unspecified atom stereocenters. The normalized spacial score (nSPS) is 12.5. The molecule has 1 atom stereocenters. The molecule has 0 fully saturated rings. The molecular weight excluding hydrogens is 257 g/mol. The molecule has 100 valence electrons. The quantitative estimate of drug-likeness (QED) is 0.822. The molecule has 1 aromatic carbocycles. The second-order valence-corrected chi connectivity index (χ2v) is 4.18. The summed E-state index contributed by atoms with van der Waals surface area (Å²) in [5.41, 5.74) is 6.04. The van der Waals surface area contributed by atoms with E-state index in [4.69, 9.17) is 5.73 Å². The van der Waals surface area contributed by atoms with Gasteiger partial charge in [0.25, 0.3) is 0 Å². The van der Waals surface area contributed by atoms with Gasteiger partial charge in [-0.05, 0) is 24.6 Å². The maximum Gasteiger partial charge on any atom is 0.161 e. The van der Waals surface area contributed by atoms with Crippen LogP contribution >= 0.6 is 0 Å². The highest BCUT2D eigenvalue weighted by molar-refractivity contribution is 5.46. The van der Waals surface area contributed by atoms with Crippen LogP contribution in [0.15, 0.2) is 24.4 Å². The second kappa shape index (κ2) is 4.89. The lowest BCUT2D eigenvalue weighted by Gasteiger charge is -2.15. The largest absolute Gasteiger partial charge is 0.383 e. The number of pyridine rings is 1. The Morgan fingerprint density at radius 1 is 1.05 bits per heavy atom. The van der Waals surface area contributed by atoms with Gasteiger partial charge in [0.1, 0.15) is 17.7 Å². The highest BCUT2D eigenvalue weighted by atomic mass is 19.2. The number of nitrogen functional groups attached to an aromatic ring is 1. The third-order valence-corrected chi connectivity index (χ3v) is 2.71. The van der Waals surface area contributed by atoms with Crippen molar-refractivity contribution in [2.24, 2.45) is 0 Å². The van der Waals surface area contributed by atoms with Gasteiger partial charge in [0.05, 0.1) is 0 Å². The van der Waals surface area contributed by atoms with E-state index in [1.165, 1.54) is 12.3 Å². The number of halogens is 3. The molecule has 3 N–H and O–H groups in total. The average molecular weight is 268 g/mol. The van der Waals surface area contributed by atoms with Crippen molar-refractivity contribution in [2.75, 3.05) is 5.73 Å². The lowest BCUT2D eigenvalue weighted by atomic mass is 10.0. The number of hydrogen-bond acceptors (Lipinski definition) is 3. The third-order valence-electron chi connectivity index (χ3n) is 2.71. The maximum atomic E-state index is 13.6. The lowest BCUT2D eigenvalue weighted by Crippen LogP contribution is -2.09. The van der Waals surface area contributed by atoms with Crippen molar-refractivity contribution in [3.63, 3.8) is 0 Å². The van der Waals surface area contributed by atoms with E-state index in [0.717, 1.165) is 0 Å². The summed E-state index contributed by atoms with van der Waals surface area (Å²) in [5, 5.41) is 10.0. The number of aliphatic hydroxyl groups is 1. The van der Waals surface area contributed by atoms with Crippen molar-refractivity contribution < 1.29 is 18.3 Å². The minimum atomic E-state index is -1.51. The number of anilines is 1. The summed E-state index contributed by atoms with van der Waals surface area (Å²) in [6.07, 6.45) is -0.0323. The SMILES string of the molecule is Cc1cnc(N)c(C(O)c2cc(F)c(F)cc2F)c1. The van der Waals surface area contributed by atoms with Crippen LogP contribution in [0.5, 0.6) is 0 Å². The molecule has 0 radical (unpaired) electrons. The summed E-state index contributed by atoms with van der Waals surface area (Å²) in [7, 11) is 0. The van der Waals surface area contributed by atoms with E-state index in [2.05, 4.69) is 4.98 Å². The number of aryl methyl sites for hydroxylation is 1. The smallest absolute Gasteiger partial charge is 0.161 e. The number of hydrogen-bond donors (Lipinski definition) is 2. The Morgan fingerprint density at radius 3 is 2.37 bits per heavy atom. The number of nitrogens with zero attached hydrogens (tertiary/aromatic N) is 1. The fraction of sp³-hybridized carbons (Fsp3) is 0.154. The number of nitrogens with two attached hydrogens (primary N) is 1. The van der Waals surface area contributed by atoms with Gasteiger partial charge in [-0.1, -0.05) is 0 Å². The van der Waals surface area contributed by atoms with Crippen molar-refractivity contribution in [3.05, 3.63) is 58.5 Å². The molecule has 0 saturated carbocycles. The van der Waals surface area contributed by atoms with E-state index in [1.54, 1.807) is 6.92 Å². The maximum absolute atomic E-state index is 13.6. The van der Waals surface area contributed by atoms with Gasteiger partial charge < -0.3 is 10.8 Å². The molecule has 0 aliphatic rings. The standard InChI is InChI=1S/C13H11F3N2O/c1-6-2-8(13(17)18-5-6)12(19)7-3-10(15)11(16)4-9(7)14/h2-5,12,19H,1H3,(H2,17,18). The molecule has 0 saturated heterocycles. The Bertz CT molecular complexity index is 632. The fourth-order valence-electron chi connectivity index (χ4n) is 1.74. The van der Waals surface area contributed by atoms with E-state index < -0.39 is 29.1 Å². The highest BCUT2D eigenvalue weighted by Crippen LogP contribution is 2.29. The third kappa shape index (κ3) is 2.53. The van der Waals surface area contributed by atoms with Crippen LogP contribution in [0.3, 0.4) is 0 Å². The number of rotatable bonds is 2. The van der Waals surface area contributed by atoms with Crippen molar-refractivity contribution >= 4 is 5.82 Å². The van der Waals surface area contributed by atoms with Crippen LogP contribution in [0.4, 0.5) is 19.0 Å². The van der Waals surface area contributed by atoms with E-state index >= 15 is 0 Å². The fourth-order valence-corrected chi connectivity index (χ4v) is 1.74. The molecule has 2 rings (SSSR count). The van der Waals surface area contributed by atoms with E-state index in [1.807, 2.05) is 0 Å². The van der Waals surface area contributed by atoms with E-state index in [9.17, 15) is 18.3 Å². The minimum Gasteiger partial charge on any atom is -0.383 e. The molecule has 2 aromatic rings. The molecule has 1 heterocycles. The molecule has 0 aliphatic heterocycles. The summed E-state index contributed by atoms with van der Waals surface area (Å²) in [6, 6.07) is 2.50. The highest BCUT2D eigenvalue weighted by Gasteiger charge is 2.20. The Morgan fingerprint density at radius 2 is 1.68 bits per heavy atom. The summed E-state index contributed by atoms with van der Waals surface area (Å²) in [4.78, 5) is 3.82. The molecule has 19 heavy (non-hydrogen) atoms. The van der Waals surface area contributed by atoms with E-state index in [-0.39, 0.29) is 11.4 Å². The van der Waals surface area contributed by atoms with Gasteiger partial charge in [-0.15, -0.1) is 0 Å². The van der Waals surface area contributed by atoms with Crippen LogP contribution < -0.4 is 5.73 Å². The Hall–Kier alpha value is -2.08. The predicted molar refractivity (Wildman–Crippen MR) is 63.8 cm³/mol. The summed E-state index contributed by atoms with van der Waals surface area (Å²) < 4.78 is 39.5. The molecule has 0 aliphatic carbocycles. The summed E-state index contributed by atoms with van der Waals surface area (Å²) >= 11 is 0. The van der Waals surface area contributed by atoms with Gasteiger partial charge in [-0.2, -0.15) is 0 Å². The second-order valence-electron chi connectivity index (χ2n) is 4.18. The predicted octanol–water partition coefficient (Wildman–Crippen LogP) is 2.47. The first-order chi connectivity index (χ1) is 8.90. The molecule has 0 bridgehead atoms. The monoisotopic (exact) mass is 268 g/mol. The molecule has 6 heteroatoms. The average Bonchev–Trinajstić information content (AvgIpc) is 2.36. The number of aliphatic hydroxyl groups excluding tert-OH is 1. The molecule has 0 amide bonds. The van der Waals surface area contributed by atoms with Crippen molar-refractivity contribution in [1.29, 1.82) is 0 Å². The first kappa shape index (κ1) is 13.4. The molecule has 1 aromatic heterocycles. The number of aromatic nitrogens is 1. The topological polar surface area (TPSA) is 59.1 Å². The van der Waals surface area contributed by atoms with Crippen LogP contribution in [0.25, 0.3) is 0 Å². The van der Waals surface area contributed by atoms with Crippen LogP contribution in [-0.2, 0) is 0 Å². The summed E-state index contributed by atoms with van der Waals surface area (Å²) in [6.45, 7) is 1.71. The van der Waals surface area contributed by atoms with Gasteiger partial charge in [0.15, 0.2) is 11.6 Å². The van der Waals surface area contributed by atoms with Crippen LogP contribution in [-0.4, -0.2) is 10.1 Å². The first-order valence-corrected chi connectivity index (χ1v) is 5.44. The number of benzene rings is 1. The van der Waals surface area contributed by atoms with Gasteiger partial charge in [-0.25, -0.2) is 18.2 Å². The zero-order valence-electron chi connectivity index (χ0n) is 9.99. The van der Waals surface area contributed by atoms with Crippen LogP contribution in [0, 0.1) is 24.4 Å². The minimum absolute atomic E-state index is 0.00207. The molecule has 0 spiro atoms.